The van der Waals surface area contributed by atoms with Crippen LogP contribution in [-0.4, -0.2) is 41.4 Å². The molecule has 0 bridgehead atoms. The smallest absolute Gasteiger partial charge is 0.142 e. The third-order valence-corrected chi connectivity index (χ3v) is 2.49. The van der Waals surface area contributed by atoms with Gasteiger partial charge >= 0.3 is 0 Å². The summed E-state index contributed by atoms with van der Waals surface area (Å²) in [6, 6.07) is 5.80. The molecule has 0 aliphatic heterocycles. The van der Waals surface area contributed by atoms with Crippen LogP contribution in [0.3, 0.4) is 0 Å². The van der Waals surface area contributed by atoms with E-state index in [1.165, 1.54) is 0 Å². The van der Waals surface area contributed by atoms with Crippen LogP contribution in [0.4, 0.5) is 5.69 Å². The second-order valence-electron chi connectivity index (χ2n) is 3.56. The Morgan fingerprint density at radius 1 is 1.25 bits per heavy atom. The highest BCUT2D eigenvalue weighted by Gasteiger charge is 2.09. The summed E-state index contributed by atoms with van der Waals surface area (Å²) in [5, 5.41) is 3.12. The van der Waals surface area contributed by atoms with Crippen LogP contribution < -0.4 is 19.7 Å². The van der Waals surface area contributed by atoms with Crippen molar-refractivity contribution >= 4 is 5.69 Å². The lowest BCUT2D eigenvalue weighted by Gasteiger charge is -2.22. The number of hydrogen-bond acceptors (Lipinski definition) is 4. The van der Waals surface area contributed by atoms with Crippen molar-refractivity contribution in [3.63, 3.8) is 0 Å². The highest BCUT2D eigenvalue weighted by Crippen LogP contribution is 2.31. The first kappa shape index (κ1) is 12.6. The van der Waals surface area contributed by atoms with Crippen LogP contribution >= 0.6 is 0 Å². The van der Waals surface area contributed by atoms with Crippen molar-refractivity contribution < 1.29 is 9.47 Å². The van der Waals surface area contributed by atoms with Gasteiger partial charge in [0.1, 0.15) is 11.5 Å². The van der Waals surface area contributed by atoms with Gasteiger partial charge in [0.05, 0.1) is 19.9 Å². The van der Waals surface area contributed by atoms with Crippen molar-refractivity contribution in [3.8, 4) is 11.5 Å². The number of methoxy groups -OCH3 is 2. The highest BCUT2D eigenvalue weighted by atomic mass is 16.5. The summed E-state index contributed by atoms with van der Waals surface area (Å²) in [6.07, 6.45) is 0. The van der Waals surface area contributed by atoms with Gasteiger partial charge in [-0.2, -0.15) is 0 Å². The Bertz CT molecular complexity index is 329. The molecule has 1 aromatic carbocycles. The van der Waals surface area contributed by atoms with E-state index in [9.17, 15) is 0 Å². The monoisotopic (exact) mass is 224 g/mol. The van der Waals surface area contributed by atoms with E-state index in [-0.39, 0.29) is 0 Å². The molecule has 90 valence electrons. The molecule has 16 heavy (non-hydrogen) atoms. The van der Waals surface area contributed by atoms with E-state index >= 15 is 0 Å². The summed E-state index contributed by atoms with van der Waals surface area (Å²) < 4.78 is 10.5. The molecule has 1 aromatic rings. The normalized spacial score (nSPS) is 10.0. The molecule has 0 heterocycles. The molecule has 0 aromatic heterocycles. The van der Waals surface area contributed by atoms with Crippen molar-refractivity contribution in [2.24, 2.45) is 0 Å². The van der Waals surface area contributed by atoms with E-state index in [1.54, 1.807) is 14.2 Å². The fourth-order valence-electron chi connectivity index (χ4n) is 1.50. The van der Waals surface area contributed by atoms with Crippen molar-refractivity contribution in [1.82, 2.24) is 5.32 Å². The first-order valence-electron chi connectivity index (χ1n) is 5.30. The van der Waals surface area contributed by atoms with Gasteiger partial charge in [0.15, 0.2) is 0 Å². The molecule has 0 radical (unpaired) electrons. The van der Waals surface area contributed by atoms with E-state index in [2.05, 4.69) is 10.2 Å². The van der Waals surface area contributed by atoms with E-state index < -0.39 is 0 Å². The maximum atomic E-state index is 5.33. The minimum absolute atomic E-state index is 0.840. The molecule has 4 heteroatoms. The minimum Gasteiger partial charge on any atom is -0.497 e. The fourth-order valence-corrected chi connectivity index (χ4v) is 1.50. The Morgan fingerprint density at radius 2 is 2.00 bits per heavy atom. The SMILES string of the molecule is CNCCN(C)c1cc(OC)ccc1OC. The first-order valence-corrected chi connectivity index (χ1v) is 5.30. The Kier molecular flexibility index (Phi) is 4.92. The summed E-state index contributed by atoms with van der Waals surface area (Å²) in [6.45, 7) is 1.84. The van der Waals surface area contributed by atoms with Gasteiger partial charge in [-0.3, -0.25) is 0 Å². The van der Waals surface area contributed by atoms with Crippen molar-refractivity contribution in [3.05, 3.63) is 18.2 Å². The summed E-state index contributed by atoms with van der Waals surface area (Å²) in [7, 11) is 7.32. The molecule has 0 saturated carbocycles. The molecule has 0 aliphatic carbocycles. The van der Waals surface area contributed by atoms with E-state index in [4.69, 9.17) is 9.47 Å². The number of likely N-dealkylation sites (N-methyl/N-ethyl adjacent to an activating group) is 2. The number of nitrogens with zero attached hydrogens (tertiary/aromatic N) is 1. The zero-order valence-electron chi connectivity index (χ0n) is 10.4. The molecular weight excluding hydrogens is 204 g/mol. The number of hydrogen-bond donors (Lipinski definition) is 1. The standard InChI is InChI=1S/C12H20N2O2/c1-13-7-8-14(2)11-9-10(15-3)5-6-12(11)16-4/h5-6,9,13H,7-8H2,1-4H3. The quantitative estimate of drug-likeness (QED) is 0.791. The molecule has 0 saturated heterocycles. The number of rotatable bonds is 6. The summed E-state index contributed by atoms with van der Waals surface area (Å²) in [4.78, 5) is 2.14. The molecule has 0 fully saturated rings. The van der Waals surface area contributed by atoms with E-state index in [1.807, 2.05) is 32.3 Å². The summed E-state index contributed by atoms with van der Waals surface area (Å²) in [5.41, 5.74) is 1.04. The molecule has 1 rings (SSSR count). The maximum absolute atomic E-state index is 5.33. The minimum atomic E-state index is 0.840. The van der Waals surface area contributed by atoms with E-state index in [0.29, 0.717) is 0 Å². The largest absolute Gasteiger partial charge is 0.497 e. The topological polar surface area (TPSA) is 33.7 Å². The van der Waals surface area contributed by atoms with Gasteiger partial charge in [-0.05, 0) is 19.2 Å². The predicted octanol–water partition coefficient (Wildman–Crippen LogP) is 1.36. The lowest BCUT2D eigenvalue weighted by atomic mass is 10.2. The maximum Gasteiger partial charge on any atom is 0.142 e. The predicted molar refractivity (Wildman–Crippen MR) is 66.7 cm³/mol. The molecule has 0 aliphatic rings. The van der Waals surface area contributed by atoms with Crippen LogP contribution in [0.2, 0.25) is 0 Å². The van der Waals surface area contributed by atoms with Gasteiger partial charge in [-0.1, -0.05) is 0 Å². The van der Waals surface area contributed by atoms with Gasteiger partial charge in [0, 0.05) is 26.2 Å². The molecular formula is C12H20N2O2. The summed E-state index contributed by atoms with van der Waals surface area (Å²) in [5.74, 6) is 1.70. The van der Waals surface area contributed by atoms with Crippen LogP contribution in [0, 0.1) is 0 Å². The third-order valence-electron chi connectivity index (χ3n) is 2.49. The number of anilines is 1. The van der Waals surface area contributed by atoms with Gasteiger partial charge in [0.25, 0.3) is 0 Å². The van der Waals surface area contributed by atoms with Gasteiger partial charge in [0.2, 0.25) is 0 Å². The zero-order valence-corrected chi connectivity index (χ0v) is 10.4. The lowest BCUT2D eigenvalue weighted by Crippen LogP contribution is -2.27. The number of benzene rings is 1. The number of nitrogens with one attached hydrogen (secondary N) is 1. The van der Waals surface area contributed by atoms with Crippen LogP contribution in [-0.2, 0) is 0 Å². The van der Waals surface area contributed by atoms with Crippen LogP contribution in [0.15, 0.2) is 18.2 Å². The van der Waals surface area contributed by atoms with Crippen molar-refractivity contribution in [1.29, 1.82) is 0 Å². The first-order chi connectivity index (χ1) is 7.72. The molecule has 0 unspecified atom stereocenters. The zero-order chi connectivity index (χ0) is 12.0. The van der Waals surface area contributed by atoms with Gasteiger partial charge in [-0.25, -0.2) is 0 Å². The lowest BCUT2D eigenvalue weighted by molar-refractivity contribution is 0.403. The molecule has 1 N–H and O–H groups in total. The van der Waals surface area contributed by atoms with Crippen molar-refractivity contribution in [2.75, 3.05) is 46.3 Å². The average Bonchev–Trinajstić information content (AvgIpc) is 2.35. The van der Waals surface area contributed by atoms with Gasteiger partial charge < -0.3 is 19.7 Å². The van der Waals surface area contributed by atoms with E-state index in [0.717, 1.165) is 30.3 Å². The second kappa shape index (κ2) is 6.23. The van der Waals surface area contributed by atoms with Crippen LogP contribution in [0.5, 0.6) is 11.5 Å². The fraction of sp³-hybridized carbons (Fsp3) is 0.500. The second-order valence-corrected chi connectivity index (χ2v) is 3.56. The average molecular weight is 224 g/mol. The van der Waals surface area contributed by atoms with Crippen LogP contribution in [0.1, 0.15) is 0 Å². The number of ether oxygens (including phenoxy) is 2. The molecule has 0 spiro atoms. The summed E-state index contributed by atoms with van der Waals surface area (Å²) >= 11 is 0. The Hall–Kier alpha value is -1.42. The Labute approximate surface area is 97.2 Å². The highest BCUT2D eigenvalue weighted by molar-refractivity contribution is 5.61. The van der Waals surface area contributed by atoms with Crippen LogP contribution in [0.25, 0.3) is 0 Å². The third kappa shape index (κ3) is 3.03. The Morgan fingerprint density at radius 3 is 2.56 bits per heavy atom. The Balaban J connectivity index is 2.89. The molecule has 0 amide bonds. The molecule has 4 nitrogen and oxygen atoms in total. The molecule has 0 atom stereocenters. The van der Waals surface area contributed by atoms with Crippen molar-refractivity contribution in [2.45, 2.75) is 0 Å². The van der Waals surface area contributed by atoms with Gasteiger partial charge in [-0.15, -0.1) is 0 Å².